The van der Waals surface area contributed by atoms with Crippen molar-refractivity contribution in [3.8, 4) is 0 Å². The lowest BCUT2D eigenvalue weighted by Gasteiger charge is -2.27. The number of hydrogen-bond donors (Lipinski definition) is 1. The molecule has 0 radical (unpaired) electrons. The van der Waals surface area contributed by atoms with Crippen LogP contribution >= 0.6 is 0 Å². The fraction of sp³-hybridized carbons (Fsp3) is 0.318. The Balaban J connectivity index is 2.12. The van der Waals surface area contributed by atoms with Gasteiger partial charge in [-0.05, 0) is 41.3 Å². The van der Waals surface area contributed by atoms with Gasteiger partial charge in [0.15, 0.2) is 11.5 Å². The van der Waals surface area contributed by atoms with Gasteiger partial charge >= 0.3 is 0 Å². The molecule has 1 aromatic heterocycles. The molecule has 0 aliphatic carbocycles. The summed E-state index contributed by atoms with van der Waals surface area (Å²) in [6.07, 6.45) is 3.24. The third-order valence-corrected chi connectivity index (χ3v) is 4.86. The second-order valence-electron chi connectivity index (χ2n) is 7.39. The monoisotopic (exact) mass is 364 g/mol. The molecule has 5 nitrogen and oxygen atoms in total. The average molecular weight is 364 g/mol. The predicted octanol–water partition coefficient (Wildman–Crippen LogP) is 4.33. The number of anilines is 1. The summed E-state index contributed by atoms with van der Waals surface area (Å²) in [6.45, 7) is 7.72. The highest BCUT2D eigenvalue weighted by atomic mass is 16.3. The Bertz CT molecular complexity index is 884. The van der Waals surface area contributed by atoms with Crippen LogP contribution in [-0.2, 0) is 9.59 Å². The standard InChI is InChI=1S/C22H24N2O3/c1-13(2)15-5-7-17(8-6-15)24-19(16-9-11-23-12-10-16)18(20(25)14(3)4)21(26)22(24)27/h5-14,19,26H,1-4H3. The Morgan fingerprint density at radius 1 is 1.04 bits per heavy atom. The zero-order valence-corrected chi connectivity index (χ0v) is 16.0. The van der Waals surface area contributed by atoms with Crippen molar-refractivity contribution in [3.05, 3.63) is 71.3 Å². The molecule has 5 heteroatoms. The first kappa shape index (κ1) is 18.8. The molecule has 0 saturated heterocycles. The van der Waals surface area contributed by atoms with Gasteiger partial charge in [0.25, 0.3) is 5.91 Å². The summed E-state index contributed by atoms with van der Waals surface area (Å²) >= 11 is 0. The zero-order chi connectivity index (χ0) is 19.7. The Hall–Kier alpha value is -2.95. The second-order valence-corrected chi connectivity index (χ2v) is 7.39. The molecule has 2 aromatic rings. The van der Waals surface area contributed by atoms with Gasteiger partial charge in [-0.15, -0.1) is 0 Å². The second kappa shape index (κ2) is 7.35. The third-order valence-electron chi connectivity index (χ3n) is 4.86. The Kier molecular flexibility index (Phi) is 5.13. The molecule has 1 aliphatic rings. The summed E-state index contributed by atoms with van der Waals surface area (Å²) in [4.78, 5) is 31.2. The van der Waals surface area contributed by atoms with Crippen LogP contribution in [0.25, 0.3) is 0 Å². The summed E-state index contributed by atoms with van der Waals surface area (Å²) in [5.41, 5.74) is 2.68. The van der Waals surface area contributed by atoms with Gasteiger partial charge in [-0.2, -0.15) is 0 Å². The molecule has 1 aromatic carbocycles. The minimum Gasteiger partial charge on any atom is -0.503 e. The quantitative estimate of drug-likeness (QED) is 0.857. The van der Waals surface area contributed by atoms with E-state index in [0.29, 0.717) is 11.6 Å². The van der Waals surface area contributed by atoms with E-state index in [1.54, 1.807) is 38.4 Å². The molecular weight excluding hydrogens is 340 g/mol. The van der Waals surface area contributed by atoms with E-state index in [1.165, 1.54) is 4.90 Å². The number of pyridine rings is 1. The van der Waals surface area contributed by atoms with Crippen molar-refractivity contribution >= 4 is 17.4 Å². The van der Waals surface area contributed by atoms with Gasteiger partial charge in [-0.25, -0.2) is 0 Å². The number of ketones is 1. The third kappa shape index (κ3) is 3.37. The van der Waals surface area contributed by atoms with Gasteiger partial charge < -0.3 is 5.11 Å². The lowest BCUT2D eigenvalue weighted by Crippen LogP contribution is -2.31. The van der Waals surface area contributed by atoms with Crippen molar-refractivity contribution in [2.24, 2.45) is 5.92 Å². The van der Waals surface area contributed by atoms with Crippen LogP contribution in [0.5, 0.6) is 0 Å². The molecule has 0 fully saturated rings. The molecule has 1 unspecified atom stereocenters. The summed E-state index contributed by atoms with van der Waals surface area (Å²) in [5, 5.41) is 10.5. The Morgan fingerprint density at radius 3 is 2.15 bits per heavy atom. The fourth-order valence-electron chi connectivity index (χ4n) is 3.32. The summed E-state index contributed by atoms with van der Waals surface area (Å²) in [6, 6.07) is 10.5. The number of hydrogen-bond acceptors (Lipinski definition) is 4. The van der Waals surface area contributed by atoms with E-state index in [9.17, 15) is 14.7 Å². The van der Waals surface area contributed by atoms with Gasteiger partial charge in [0, 0.05) is 24.0 Å². The van der Waals surface area contributed by atoms with Crippen molar-refractivity contribution in [2.45, 2.75) is 39.7 Å². The molecular formula is C22H24N2O3. The molecule has 0 spiro atoms. The number of benzene rings is 1. The van der Waals surface area contributed by atoms with Crippen molar-refractivity contribution < 1.29 is 14.7 Å². The average Bonchev–Trinajstić information content (AvgIpc) is 2.93. The normalized spacial score (nSPS) is 17.3. The number of carbonyl (C=O) groups excluding carboxylic acids is 2. The number of aliphatic hydroxyl groups excluding tert-OH is 1. The maximum absolute atomic E-state index is 12.9. The van der Waals surface area contributed by atoms with Crippen LogP contribution in [0, 0.1) is 5.92 Å². The Labute approximate surface area is 159 Å². The molecule has 0 saturated carbocycles. The highest BCUT2D eigenvalue weighted by Crippen LogP contribution is 2.41. The van der Waals surface area contributed by atoms with Gasteiger partial charge in [-0.3, -0.25) is 19.5 Å². The van der Waals surface area contributed by atoms with Crippen LogP contribution in [-0.4, -0.2) is 21.8 Å². The van der Waals surface area contributed by atoms with E-state index < -0.39 is 17.7 Å². The van der Waals surface area contributed by atoms with Crippen LogP contribution in [0.3, 0.4) is 0 Å². The Morgan fingerprint density at radius 2 is 1.63 bits per heavy atom. The molecule has 1 N–H and O–H groups in total. The van der Waals surface area contributed by atoms with Gasteiger partial charge in [0.2, 0.25) is 0 Å². The topological polar surface area (TPSA) is 70.5 Å². The van der Waals surface area contributed by atoms with Crippen LogP contribution in [0.15, 0.2) is 60.1 Å². The highest BCUT2D eigenvalue weighted by Gasteiger charge is 2.44. The van der Waals surface area contributed by atoms with Crippen LogP contribution < -0.4 is 4.90 Å². The first-order chi connectivity index (χ1) is 12.8. The summed E-state index contributed by atoms with van der Waals surface area (Å²) in [7, 11) is 0. The largest absolute Gasteiger partial charge is 0.503 e. The molecule has 0 bridgehead atoms. The van der Waals surface area contributed by atoms with Gasteiger partial charge in [0.05, 0.1) is 11.6 Å². The molecule has 1 aliphatic heterocycles. The lowest BCUT2D eigenvalue weighted by atomic mass is 9.91. The summed E-state index contributed by atoms with van der Waals surface area (Å²) < 4.78 is 0. The van der Waals surface area contributed by atoms with E-state index >= 15 is 0 Å². The number of aromatic nitrogens is 1. The van der Waals surface area contributed by atoms with E-state index in [-0.39, 0.29) is 17.3 Å². The van der Waals surface area contributed by atoms with E-state index in [1.807, 2.05) is 24.3 Å². The number of rotatable bonds is 5. The summed E-state index contributed by atoms with van der Waals surface area (Å²) in [5.74, 6) is -1.22. The SMILES string of the molecule is CC(C)C(=O)C1=C(O)C(=O)N(c2ccc(C(C)C)cc2)C1c1ccncc1. The van der Waals surface area contributed by atoms with Crippen LogP contribution in [0.1, 0.15) is 50.8 Å². The van der Waals surface area contributed by atoms with E-state index in [0.717, 1.165) is 11.1 Å². The number of amides is 1. The molecule has 1 amide bonds. The first-order valence-corrected chi connectivity index (χ1v) is 9.13. The van der Waals surface area contributed by atoms with E-state index in [4.69, 9.17) is 0 Å². The zero-order valence-electron chi connectivity index (χ0n) is 16.0. The number of aliphatic hydroxyl groups is 1. The van der Waals surface area contributed by atoms with E-state index in [2.05, 4.69) is 18.8 Å². The van der Waals surface area contributed by atoms with Crippen LogP contribution in [0.4, 0.5) is 5.69 Å². The van der Waals surface area contributed by atoms with Gasteiger partial charge in [-0.1, -0.05) is 39.8 Å². The number of carbonyl (C=O) groups is 2. The molecule has 27 heavy (non-hydrogen) atoms. The maximum atomic E-state index is 12.9. The number of nitrogens with zero attached hydrogens (tertiary/aromatic N) is 2. The minimum atomic E-state index is -0.666. The molecule has 1 atom stereocenters. The smallest absolute Gasteiger partial charge is 0.294 e. The molecule has 2 heterocycles. The fourth-order valence-corrected chi connectivity index (χ4v) is 3.32. The van der Waals surface area contributed by atoms with Crippen molar-refractivity contribution in [1.29, 1.82) is 0 Å². The lowest BCUT2D eigenvalue weighted by molar-refractivity contribution is -0.119. The molecule has 140 valence electrons. The number of Topliss-reactive ketones (excluding diaryl/α,β-unsaturated/α-hetero) is 1. The van der Waals surface area contributed by atoms with Crippen LogP contribution in [0.2, 0.25) is 0 Å². The van der Waals surface area contributed by atoms with Crippen molar-refractivity contribution in [1.82, 2.24) is 4.98 Å². The van der Waals surface area contributed by atoms with Crippen molar-refractivity contribution in [3.63, 3.8) is 0 Å². The van der Waals surface area contributed by atoms with Crippen molar-refractivity contribution in [2.75, 3.05) is 4.90 Å². The maximum Gasteiger partial charge on any atom is 0.294 e. The minimum absolute atomic E-state index is 0.147. The van der Waals surface area contributed by atoms with Gasteiger partial charge in [0.1, 0.15) is 0 Å². The predicted molar refractivity (Wildman–Crippen MR) is 104 cm³/mol. The highest BCUT2D eigenvalue weighted by molar-refractivity contribution is 6.16. The first-order valence-electron chi connectivity index (χ1n) is 9.13. The molecule has 3 rings (SSSR count).